The number of nitrogens with one attached hydrogen (secondary N) is 2. The van der Waals surface area contributed by atoms with Gasteiger partial charge in [0.25, 0.3) is 0 Å². The van der Waals surface area contributed by atoms with Crippen LogP contribution in [0.15, 0.2) is 84.1 Å². The van der Waals surface area contributed by atoms with Gasteiger partial charge in [-0.3, -0.25) is 9.59 Å². The number of carbonyl (C=O) groups is 2. The first-order chi connectivity index (χ1) is 15.8. The van der Waals surface area contributed by atoms with Crippen LogP contribution in [0.3, 0.4) is 0 Å². The Morgan fingerprint density at radius 1 is 0.909 bits per heavy atom. The summed E-state index contributed by atoms with van der Waals surface area (Å²) in [5.41, 5.74) is 4.96. The largest absolute Gasteiger partial charge is 0.508 e. The first-order valence-electron chi connectivity index (χ1n) is 11.1. The number of phenolic OH excluding ortho intramolecular Hbond substituents is 1. The predicted octanol–water partition coefficient (Wildman–Crippen LogP) is 5.85. The molecule has 0 fully saturated rings. The number of rotatable bonds is 3. The van der Waals surface area contributed by atoms with Crippen LogP contribution in [0, 0.1) is 5.41 Å². The number of hydrogen-bond acceptors (Lipinski definition) is 5. The Hall–Kier alpha value is -3.86. The highest BCUT2D eigenvalue weighted by Gasteiger charge is 2.38. The van der Waals surface area contributed by atoms with Crippen molar-refractivity contribution in [1.29, 1.82) is 0 Å². The van der Waals surface area contributed by atoms with E-state index in [2.05, 4.69) is 24.5 Å². The Morgan fingerprint density at radius 2 is 1.70 bits per heavy atom. The molecule has 5 heteroatoms. The molecule has 1 aliphatic carbocycles. The molecule has 3 N–H and O–H groups in total. The highest BCUT2D eigenvalue weighted by molar-refractivity contribution is 6.10. The number of fused-ring (bicyclic) bond motifs is 1. The molecular weight excluding hydrogens is 412 g/mol. The van der Waals surface area contributed by atoms with Crippen LogP contribution in [0.25, 0.3) is 0 Å². The summed E-state index contributed by atoms with van der Waals surface area (Å²) in [5, 5.41) is 17.1. The van der Waals surface area contributed by atoms with Gasteiger partial charge in [-0.05, 0) is 47.7 Å². The smallest absolute Gasteiger partial charge is 0.193 e. The average molecular weight is 439 g/mol. The summed E-state index contributed by atoms with van der Waals surface area (Å²) >= 11 is 0. The zero-order valence-corrected chi connectivity index (χ0v) is 18.7. The van der Waals surface area contributed by atoms with E-state index in [1.165, 1.54) is 0 Å². The number of hydrogen-bond donors (Lipinski definition) is 3. The lowest BCUT2D eigenvalue weighted by molar-refractivity contribution is -0.118. The van der Waals surface area contributed by atoms with Crippen molar-refractivity contribution in [2.75, 3.05) is 10.6 Å². The lowest BCUT2D eigenvalue weighted by atomic mass is 9.73. The molecule has 5 nitrogen and oxygen atoms in total. The summed E-state index contributed by atoms with van der Waals surface area (Å²) in [7, 11) is 0. The van der Waals surface area contributed by atoms with Gasteiger partial charge in [0.15, 0.2) is 11.6 Å². The van der Waals surface area contributed by atoms with E-state index in [0.29, 0.717) is 29.5 Å². The maximum atomic E-state index is 13.3. The number of ketones is 2. The Kier molecular flexibility index (Phi) is 5.05. The van der Waals surface area contributed by atoms with Crippen molar-refractivity contribution in [2.24, 2.45) is 5.41 Å². The van der Waals surface area contributed by atoms with Crippen molar-refractivity contribution in [2.45, 2.75) is 32.7 Å². The van der Waals surface area contributed by atoms with Gasteiger partial charge < -0.3 is 15.7 Å². The maximum Gasteiger partial charge on any atom is 0.193 e. The zero-order valence-electron chi connectivity index (χ0n) is 18.7. The third-order valence-corrected chi connectivity index (χ3v) is 6.32. The molecule has 0 radical (unpaired) electrons. The molecule has 0 amide bonds. The minimum atomic E-state index is -0.403. The predicted molar refractivity (Wildman–Crippen MR) is 129 cm³/mol. The van der Waals surface area contributed by atoms with Gasteiger partial charge in [0.05, 0.1) is 17.4 Å². The number of phenols is 1. The minimum absolute atomic E-state index is 0.0526. The van der Waals surface area contributed by atoms with Crippen molar-refractivity contribution < 1.29 is 14.7 Å². The van der Waals surface area contributed by atoms with Crippen LogP contribution in [0.4, 0.5) is 11.4 Å². The Balaban J connectivity index is 1.61. The third kappa shape index (κ3) is 4.02. The summed E-state index contributed by atoms with van der Waals surface area (Å²) in [4.78, 5) is 26.4. The molecule has 1 aliphatic heterocycles. The minimum Gasteiger partial charge on any atom is -0.508 e. The van der Waals surface area contributed by atoms with Crippen LogP contribution in [0.1, 0.15) is 54.2 Å². The molecule has 3 aromatic carbocycles. The molecule has 3 aromatic rings. The fourth-order valence-corrected chi connectivity index (χ4v) is 4.80. The lowest BCUT2D eigenvalue weighted by Crippen LogP contribution is -2.31. The van der Waals surface area contributed by atoms with Crippen LogP contribution in [-0.2, 0) is 4.79 Å². The number of carbonyl (C=O) groups excluding carboxylic acids is 2. The zero-order chi connectivity index (χ0) is 23.2. The fraction of sp³-hybridized carbons (Fsp3) is 0.214. The van der Waals surface area contributed by atoms with Gasteiger partial charge in [0.2, 0.25) is 0 Å². The van der Waals surface area contributed by atoms with E-state index in [1.807, 2.05) is 36.4 Å². The van der Waals surface area contributed by atoms with Crippen LogP contribution < -0.4 is 10.6 Å². The van der Waals surface area contributed by atoms with E-state index in [9.17, 15) is 14.7 Å². The summed E-state index contributed by atoms with van der Waals surface area (Å²) in [6.07, 6.45) is 1.17. The molecule has 166 valence electrons. The van der Waals surface area contributed by atoms with E-state index < -0.39 is 6.04 Å². The molecule has 0 saturated carbocycles. The molecule has 0 spiro atoms. The molecule has 1 atom stereocenters. The van der Waals surface area contributed by atoms with E-state index >= 15 is 0 Å². The molecule has 1 heterocycles. The summed E-state index contributed by atoms with van der Waals surface area (Å²) in [5.74, 6) is 0.187. The van der Waals surface area contributed by atoms with Gasteiger partial charge in [-0.2, -0.15) is 0 Å². The van der Waals surface area contributed by atoms with E-state index in [-0.39, 0.29) is 22.7 Å². The average Bonchev–Trinajstić information content (AvgIpc) is 2.94. The fourth-order valence-electron chi connectivity index (χ4n) is 4.80. The standard InChI is InChI=1S/C28H26N2O3/c1-28(2)15-23-25(24(32)16-28)26(18-9-6-10-20(31)13-18)30-21-12-11-19(14-22(21)29-23)27(33)17-7-4-3-5-8-17/h3-14,26,29-31H,15-16H2,1-2H3. The second-order valence-corrected chi connectivity index (χ2v) is 9.59. The lowest BCUT2D eigenvalue weighted by Gasteiger charge is -2.34. The van der Waals surface area contributed by atoms with Crippen molar-refractivity contribution in [3.05, 3.63) is 101 Å². The van der Waals surface area contributed by atoms with Crippen molar-refractivity contribution in [1.82, 2.24) is 0 Å². The summed E-state index contributed by atoms with van der Waals surface area (Å²) in [6.45, 7) is 4.18. The van der Waals surface area contributed by atoms with E-state index in [0.717, 1.165) is 22.6 Å². The molecule has 33 heavy (non-hydrogen) atoms. The topological polar surface area (TPSA) is 78.4 Å². The van der Waals surface area contributed by atoms with E-state index in [4.69, 9.17) is 0 Å². The number of aromatic hydroxyl groups is 1. The molecular formula is C28H26N2O3. The SMILES string of the molecule is CC1(C)CC(=O)C2=C(C1)Nc1cc(C(=O)c3ccccc3)ccc1NC2c1cccc(O)c1. The third-order valence-electron chi connectivity index (χ3n) is 6.32. The van der Waals surface area contributed by atoms with Gasteiger partial charge in [0.1, 0.15) is 5.75 Å². The molecule has 1 unspecified atom stereocenters. The molecule has 2 aliphatic rings. The van der Waals surface area contributed by atoms with E-state index in [1.54, 1.807) is 36.4 Å². The number of anilines is 2. The maximum absolute atomic E-state index is 13.3. The van der Waals surface area contributed by atoms with Crippen LogP contribution in [0.5, 0.6) is 5.75 Å². The monoisotopic (exact) mass is 438 g/mol. The molecule has 0 saturated heterocycles. The second-order valence-electron chi connectivity index (χ2n) is 9.59. The highest BCUT2D eigenvalue weighted by atomic mass is 16.3. The normalized spacial score (nSPS) is 19.0. The second kappa shape index (κ2) is 7.93. The van der Waals surface area contributed by atoms with Crippen LogP contribution >= 0.6 is 0 Å². The number of benzene rings is 3. The molecule has 0 aromatic heterocycles. The number of allylic oxidation sites excluding steroid dienone is 1. The van der Waals surface area contributed by atoms with Gasteiger partial charge in [-0.1, -0.05) is 56.3 Å². The molecule has 0 bridgehead atoms. The first-order valence-corrected chi connectivity index (χ1v) is 11.1. The van der Waals surface area contributed by atoms with Gasteiger partial charge in [-0.15, -0.1) is 0 Å². The van der Waals surface area contributed by atoms with Crippen LogP contribution in [-0.4, -0.2) is 16.7 Å². The van der Waals surface area contributed by atoms with Gasteiger partial charge in [-0.25, -0.2) is 0 Å². The van der Waals surface area contributed by atoms with Crippen molar-refractivity contribution >= 4 is 22.9 Å². The van der Waals surface area contributed by atoms with Crippen LogP contribution in [0.2, 0.25) is 0 Å². The summed E-state index contributed by atoms with van der Waals surface area (Å²) in [6, 6.07) is 21.3. The Labute approximate surface area is 193 Å². The summed E-state index contributed by atoms with van der Waals surface area (Å²) < 4.78 is 0. The highest BCUT2D eigenvalue weighted by Crippen LogP contribution is 2.46. The van der Waals surface area contributed by atoms with Gasteiger partial charge >= 0.3 is 0 Å². The van der Waals surface area contributed by atoms with Crippen molar-refractivity contribution in [3.63, 3.8) is 0 Å². The van der Waals surface area contributed by atoms with Gasteiger partial charge in [0, 0.05) is 28.8 Å². The Bertz CT molecular complexity index is 1290. The van der Waals surface area contributed by atoms with Crippen molar-refractivity contribution in [3.8, 4) is 5.75 Å². The molecule has 5 rings (SSSR count). The quantitative estimate of drug-likeness (QED) is 0.448. The first kappa shape index (κ1) is 21.0. The number of Topliss-reactive ketones (excluding diaryl/α,β-unsaturated/α-hetero) is 1. The Morgan fingerprint density at radius 3 is 2.45 bits per heavy atom.